The van der Waals surface area contributed by atoms with E-state index >= 15 is 0 Å². The Balaban J connectivity index is 2.44. The monoisotopic (exact) mass is 385 g/mol. The number of hydrogen-bond acceptors (Lipinski definition) is 6. The van der Waals surface area contributed by atoms with Crippen LogP contribution in [0.1, 0.15) is 18.5 Å². The number of nitro groups is 1. The summed E-state index contributed by atoms with van der Waals surface area (Å²) in [4.78, 5) is 23.0. The standard InChI is InChI=1S/C15H16ClN3O5S/c1-8-12(14(20)24-6-5-23-2)13(18-15(25)17-8)10-7-9(19(21)22)3-4-11(10)16/h3-4,7,13H,5-6H2,1-2H3,(H2,17,18,25). The van der Waals surface area contributed by atoms with Gasteiger partial charge < -0.3 is 20.1 Å². The number of esters is 1. The number of thiocarbonyl (C=S) groups is 1. The molecule has 8 nitrogen and oxygen atoms in total. The Morgan fingerprint density at radius 2 is 2.16 bits per heavy atom. The van der Waals surface area contributed by atoms with E-state index in [1.807, 2.05) is 0 Å². The third-order valence-electron chi connectivity index (χ3n) is 3.51. The Hall–Kier alpha value is -2.23. The Bertz CT molecular complexity index is 753. The lowest BCUT2D eigenvalue weighted by molar-refractivity contribution is -0.384. The molecule has 0 aromatic heterocycles. The second-order valence-corrected chi connectivity index (χ2v) is 5.98. The first-order valence-electron chi connectivity index (χ1n) is 7.23. The first kappa shape index (κ1) is 19.1. The first-order valence-corrected chi connectivity index (χ1v) is 8.02. The van der Waals surface area contributed by atoms with Crippen LogP contribution in [0.15, 0.2) is 29.5 Å². The van der Waals surface area contributed by atoms with Crippen LogP contribution in [0.25, 0.3) is 0 Å². The van der Waals surface area contributed by atoms with Crippen molar-refractivity contribution >= 4 is 40.6 Å². The zero-order chi connectivity index (χ0) is 18.6. The van der Waals surface area contributed by atoms with Gasteiger partial charge in [0, 0.05) is 35.5 Å². The molecule has 0 bridgehead atoms. The van der Waals surface area contributed by atoms with Gasteiger partial charge in [-0.2, -0.15) is 0 Å². The lowest BCUT2D eigenvalue weighted by Crippen LogP contribution is -2.45. The predicted molar refractivity (Wildman–Crippen MR) is 95.3 cm³/mol. The zero-order valence-electron chi connectivity index (χ0n) is 13.5. The van der Waals surface area contributed by atoms with E-state index in [0.717, 1.165) is 0 Å². The van der Waals surface area contributed by atoms with Crippen LogP contribution in [0.2, 0.25) is 5.02 Å². The summed E-state index contributed by atoms with van der Waals surface area (Å²) in [5.74, 6) is -0.593. The van der Waals surface area contributed by atoms with Gasteiger partial charge >= 0.3 is 5.97 Å². The fourth-order valence-electron chi connectivity index (χ4n) is 2.36. The minimum absolute atomic E-state index is 0.0753. The Morgan fingerprint density at radius 3 is 2.80 bits per heavy atom. The number of nitrogens with zero attached hydrogens (tertiary/aromatic N) is 1. The lowest BCUT2D eigenvalue weighted by atomic mass is 9.95. The highest BCUT2D eigenvalue weighted by Crippen LogP contribution is 2.34. The number of nitro benzene ring substituents is 1. The molecule has 0 saturated heterocycles. The molecular weight excluding hydrogens is 370 g/mol. The van der Waals surface area contributed by atoms with E-state index < -0.39 is 16.9 Å². The summed E-state index contributed by atoms with van der Waals surface area (Å²) in [7, 11) is 1.49. The van der Waals surface area contributed by atoms with Crippen LogP contribution in [0.4, 0.5) is 5.69 Å². The van der Waals surface area contributed by atoms with Gasteiger partial charge in [0.1, 0.15) is 6.61 Å². The maximum atomic E-state index is 12.5. The van der Waals surface area contributed by atoms with E-state index in [4.69, 9.17) is 33.3 Å². The van der Waals surface area contributed by atoms with Gasteiger partial charge in [0.15, 0.2) is 5.11 Å². The molecule has 1 aliphatic heterocycles. The third-order valence-corrected chi connectivity index (χ3v) is 4.08. The van der Waals surface area contributed by atoms with E-state index in [2.05, 4.69) is 10.6 Å². The Morgan fingerprint density at radius 1 is 1.44 bits per heavy atom. The lowest BCUT2D eigenvalue weighted by Gasteiger charge is -2.30. The van der Waals surface area contributed by atoms with Gasteiger partial charge in [-0.1, -0.05) is 11.6 Å². The summed E-state index contributed by atoms with van der Waals surface area (Å²) in [5.41, 5.74) is 0.944. The number of halogens is 1. The van der Waals surface area contributed by atoms with Crippen molar-refractivity contribution in [1.29, 1.82) is 0 Å². The van der Waals surface area contributed by atoms with Crippen molar-refractivity contribution in [3.8, 4) is 0 Å². The van der Waals surface area contributed by atoms with Crippen LogP contribution in [-0.2, 0) is 14.3 Å². The molecule has 25 heavy (non-hydrogen) atoms. The van der Waals surface area contributed by atoms with Crippen molar-refractivity contribution in [3.63, 3.8) is 0 Å². The second-order valence-electron chi connectivity index (χ2n) is 5.16. The molecule has 2 rings (SSSR count). The summed E-state index contributed by atoms with van der Waals surface area (Å²) in [5, 5.41) is 17.4. The molecule has 1 atom stereocenters. The van der Waals surface area contributed by atoms with Crippen molar-refractivity contribution in [2.75, 3.05) is 20.3 Å². The van der Waals surface area contributed by atoms with Crippen molar-refractivity contribution in [3.05, 3.63) is 50.2 Å². The SMILES string of the molecule is COCCOC(=O)C1=C(C)NC(=S)NC1c1cc([N+](=O)[O-])ccc1Cl. The molecule has 0 spiro atoms. The number of nitrogens with one attached hydrogen (secondary N) is 2. The van der Waals surface area contributed by atoms with Crippen molar-refractivity contribution < 1.29 is 19.2 Å². The third kappa shape index (κ3) is 4.44. The number of carbonyl (C=O) groups is 1. The number of allylic oxidation sites excluding steroid dienone is 1. The molecule has 0 amide bonds. The van der Waals surface area contributed by atoms with Crippen LogP contribution >= 0.6 is 23.8 Å². The zero-order valence-corrected chi connectivity index (χ0v) is 15.1. The van der Waals surface area contributed by atoms with E-state index in [0.29, 0.717) is 11.3 Å². The van der Waals surface area contributed by atoms with Crippen molar-refractivity contribution in [2.24, 2.45) is 0 Å². The Labute approximate surface area is 154 Å². The van der Waals surface area contributed by atoms with Crippen LogP contribution in [0.5, 0.6) is 0 Å². The molecule has 0 fully saturated rings. The van der Waals surface area contributed by atoms with E-state index in [1.165, 1.54) is 25.3 Å². The van der Waals surface area contributed by atoms with Crippen LogP contribution < -0.4 is 10.6 Å². The van der Waals surface area contributed by atoms with E-state index in [-0.39, 0.29) is 34.6 Å². The molecule has 1 heterocycles. The quantitative estimate of drug-likeness (QED) is 0.253. The number of benzene rings is 1. The number of methoxy groups -OCH3 is 1. The number of carbonyl (C=O) groups excluding carboxylic acids is 1. The van der Waals surface area contributed by atoms with Crippen molar-refractivity contribution in [1.82, 2.24) is 10.6 Å². The molecule has 1 aromatic rings. The number of ether oxygens (including phenoxy) is 2. The average Bonchev–Trinajstić information content (AvgIpc) is 2.54. The highest BCUT2D eigenvalue weighted by atomic mass is 35.5. The highest BCUT2D eigenvalue weighted by Gasteiger charge is 2.33. The van der Waals surface area contributed by atoms with Gasteiger partial charge in [0.25, 0.3) is 5.69 Å². The molecule has 0 radical (unpaired) electrons. The molecular formula is C15H16ClN3O5S. The largest absolute Gasteiger partial charge is 0.460 e. The van der Waals surface area contributed by atoms with Gasteiger partial charge in [-0.3, -0.25) is 10.1 Å². The van der Waals surface area contributed by atoms with Gasteiger partial charge in [-0.05, 0) is 25.2 Å². The minimum Gasteiger partial charge on any atom is -0.460 e. The maximum absolute atomic E-state index is 12.5. The molecule has 2 N–H and O–H groups in total. The molecule has 1 unspecified atom stereocenters. The second kappa shape index (κ2) is 8.24. The number of hydrogen-bond donors (Lipinski definition) is 2. The van der Waals surface area contributed by atoms with Crippen LogP contribution in [0, 0.1) is 10.1 Å². The number of rotatable bonds is 6. The highest BCUT2D eigenvalue weighted by molar-refractivity contribution is 7.80. The van der Waals surface area contributed by atoms with E-state index in [1.54, 1.807) is 6.92 Å². The Kier molecular flexibility index (Phi) is 6.29. The summed E-state index contributed by atoms with van der Waals surface area (Å²) in [6, 6.07) is 3.24. The van der Waals surface area contributed by atoms with Crippen LogP contribution in [-0.4, -0.2) is 36.3 Å². The molecule has 1 aromatic carbocycles. The normalized spacial score (nSPS) is 16.9. The molecule has 10 heteroatoms. The number of non-ortho nitro benzene ring substituents is 1. The summed E-state index contributed by atoms with van der Waals surface area (Å²) in [6.45, 7) is 1.99. The smallest absolute Gasteiger partial charge is 0.338 e. The fourth-order valence-corrected chi connectivity index (χ4v) is 2.86. The maximum Gasteiger partial charge on any atom is 0.338 e. The minimum atomic E-state index is -0.767. The van der Waals surface area contributed by atoms with Crippen LogP contribution in [0.3, 0.4) is 0 Å². The van der Waals surface area contributed by atoms with Crippen molar-refractivity contribution in [2.45, 2.75) is 13.0 Å². The average molecular weight is 386 g/mol. The molecule has 0 aliphatic carbocycles. The van der Waals surface area contributed by atoms with Gasteiger partial charge in [0.05, 0.1) is 23.1 Å². The molecule has 1 aliphatic rings. The van der Waals surface area contributed by atoms with Gasteiger partial charge in [-0.15, -0.1) is 0 Å². The summed E-state index contributed by atoms with van der Waals surface area (Å²) >= 11 is 11.3. The van der Waals surface area contributed by atoms with E-state index in [9.17, 15) is 14.9 Å². The first-order chi connectivity index (χ1) is 11.8. The molecule has 0 saturated carbocycles. The molecule has 134 valence electrons. The van der Waals surface area contributed by atoms with Gasteiger partial charge in [-0.25, -0.2) is 4.79 Å². The summed E-state index contributed by atoms with van der Waals surface area (Å²) < 4.78 is 10.0. The fraction of sp³-hybridized carbons (Fsp3) is 0.333. The van der Waals surface area contributed by atoms with Gasteiger partial charge in [0.2, 0.25) is 0 Å². The topological polar surface area (TPSA) is 103 Å². The summed E-state index contributed by atoms with van der Waals surface area (Å²) in [6.07, 6.45) is 0. The predicted octanol–water partition coefficient (Wildman–Crippen LogP) is 2.23.